The number of carbonyl (C=O) groups excluding carboxylic acids is 4. The Bertz CT molecular complexity index is 3230. The van der Waals surface area contributed by atoms with Crippen LogP contribution in [0.4, 0.5) is 0 Å². The van der Waals surface area contributed by atoms with Gasteiger partial charge in [-0.25, -0.2) is 4.18 Å². The van der Waals surface area contributed by atoms with Crippen LogP contribution in [0, 0.1) is 0 Å². The van der Waals surface area contributed by atoms with Crippen molar-refractivity contribution in [2.75, 3.05) is 52.9 Å². The zero-order valence-electron chi connectivity index (χ0n) is 61.6. The molecule has 4 amide bonds. The van der Waals surface area contributed by atoms with Crippen molar-refractivity contribution in [1.29, 1.82) is 0 Å². The van der Waals surface area contributed by atoms with Crippen molar-refractivity contribution >= 4 is 34.0 Å². The molecule has 9 saturated heterocycles. The first kappa shape index (κ1) is 95.0. The SMILES string of the molecule is CC(=O)N[C@@H]1[C@@H](O)[C@H](O[C@@H]2O[C@H](CO)[C@@H](O[C@@H]3O[C@H](CO[C@H]4O[C@H](CO)[C@@H](O)[C@H](O)[C@@H]4O[C@@H]4O[C@H](CO)[C@@H](O)[C@H](O)[C@H]4NC(C)=O)[C@@H](O)[C@H](O[C@H]4O[C@H](CO)[C@@H](O)[C@H](O)[C@@H]4O[C@@H]4O[C@H](COS(=O)(=O)O)[C@@H](O[C@@H]5O[C@H](CO)[C@H](O)[C@H](O)[C@H]5O)[C@H](O)[C@H]4NC(C)=O)[C@@H]3O)[C@H](O)[C@H]2NC(C)=O)[C@@H](CO[C@@H]2O[C@@H](C)[C@@H](O)[C@@H](O)[C@@H]2O)O[C@H]1O. The van der Waals surface area contributed by atoms with E-state index in [2.05, 4.69) is 25.5 Å². The molecule has 0 unspecified atom stereocenters. The average molecular weight is 1710 g/mol. The molecule has 9 aliphatic rings. The van der Waals surface area contributed by atoms with E-state index in [-0.39, 0.29) is 0 Å². The normalized spacial score (nSPS) is 48.1. The molecule has 0 aromatic carbocycles. The van der Waals surface area contributed by atoms with Crippen LogP contribution in [0.3, 0.4) is 0 Å². The van der Waals surface area contributed by atoms with Crippen LogP contribution in [0.1, 0.15) is 34.6 Å². The summed E-state index contributed by atoms with van der Waals surface area (Å²) in [6.45, 7) is -4.10. The predicted octanol–water partition coefficient (Wildman–Crippen LogP) is -19.2. The lowest BCUT2D eigenvalue weighted by Crippen LogP contribution is -2.71. The van der Waals surface area contributed by atoms with Gasteiger partial charge in [-0.1, -0.05) is 0 Å². The summed E-state index contributed by atoms with van der Waals surface area (Å²) in [5, 5.41) is 266. The molecule has 9 heterocycles. The summed E-state index contributed by atoms with van der Waals surface area (Å²) >= 11 is 0. The zero-order chi connectivity index (χ0) is 85.0. The number of hydrogen-bond donors (Lipinski definition) is 28. The number of aliphatic hydroxyl groups excluding tert-OH is 23. The average Bonchev–Trinajstić information content (AvgIpc) is 0.768. The van der Waals surface area contributed by atoms with Crippen LogP contribution in [0.15, 0.2) is 0 Å². The van der Waals surface area contributed by atoms with Gasteiger partial charge in [0.2, 0.25) is 23.6 Å². The van der Waals surface area contributed by atoms with Crippen LogP contribution in [0.2, 0.25) is 0 Å². The summed E-state index contributed by atoms with van der Waals surface area (Å²) in [5.74, 6) is -3.76. The Morgan fingerprint density at radius 1 is 0.287 bits per heavy atom. The number of aliphatic hydroxyl groups is 23. The first-order valence-corrected chi connectivity index (χ1v) is 37.5. The van der Waals surface area contributed by atoms with Crippen molar-refractivity contribution in [3.05, 3.63) is 0 Å². The maximum Gasteiger partial charge on any atom is 0.397 e. The summed E-state index contributed by atoms with van der Waals surface area (Å²) < 4.78 is 139. The molecule has 28 N–H and O–H groups in total. The van der Waals surface area contributed by atoms with E-state index >= 15 is 0 Å². The van der Waals surface area contributed by atoms with Crippen LogP contribution in [-0.4, -0.2) is 483 Å². The van der Waals surface area contributed by atoms with Gasteiger partial charge in [0.15, 0.2) is 56.6 Å². The van der Waals surface area contributed by atoms with E-state index in [1.165, 1.54) is 6.92 Å². The fourth-order valence-electron chi connectivity index (χ4n) is 14.4. The fourth-order valence-corrected chi connectivity index (χ4v) is 14.7. The van der Waals surface area contributed by atoms with Gasteiger partial charge in [0.25, 0.3) is 0 Å². The van der Waals surface area contributed by atoms with Gasteiger partial charge in [-0.15, -0.1) is 0 Å². The Morgan fingerprint density at radius 2 is 0.609 bits per heavy atom. The topological polar surface area (TPSA) is 802 Å². The molecule has 0 bridgehead atoms. The van der Waals surface area contributed by atoms with E-state index in [9.17, 15) is 150 Å². The van der Waals surface area contributed by atoms with Crippen molar-refractivity contribution in [2.24, 2.45) is 0 Å². The second kappa shape index (κ2) is 40.9. The smallest absolute Gasteiger partial charge is 0.394 e. The Morgan fingerprint density at radius 3 is 1.10 bits per heavy atom. The van der Waals surface area contributed by atoms with Gasteiger partial charge in [-0.2, -0.15) is 8.42 Å². The van der Waals surface area contributed by atoms with Crippen molar-refractivity contribution < 1.29 is 234 Å². The molecule has 0 saturated carbocycles. The molecule has 9 fully saturated rings. The molecule has 0 aromatic heterocycles. The maximum atomic E-state index is 13.2. The van der Waals surface area contributed by atoms with E-state index in [1.54, 1.807) is 0 Å². The van der Waals surface area contributed by atoms with Crippen molar-refractivity contribution in [2.45, 2.75) is 311 Å². The highest BCUT2D eigenvalue weighted by Gasteiger charge is 2.61. The molecule has 53 heteroatoms. The minimum absolute atomic E-state index is 0.846. The van der Waals surface area contributed by atoms with Crippen LogP contribution < -0.4 is 21.3 Å². The Balaban J connectivity index is 1.07. The second-order valence-corrected chi connectivity index (χ2v) is 29.8. The molecule has 0 aliphatic carbocycles. The van der Waals surface area contributed by atoms with Gasteiger partial charge >= 0.3 is 10.4 Å². The van der Waals surface area contributed by atoms with Crippen LogP contribution >= 0.6 is 0 Å². The zero-order valence-corrected chi connectivity index (χ0v) is 62.4. The first-order chi connectivity index (χ1) is 54.1. The standard InChI is InChI=1S/C62H104N4O48S/c1-14-31(76)41(86)45(90)58(100-14)97-12-25-49(38(83)27(54(93)101-25)63-15(2)72)109-56-29(65-17(4)74)39(84)48(23(10-71)106-56)110-60-47(92)51(36(81)24(107-60)11-98-61-52(43(88)34(79)21(8-69)104-61)113-55-28(64-16(3)73)37(82)32(77)19(6-67)102-55)112-62-53(44(89)35(80)22(9-70)105-62)114-57-30(66-18(5)75)40(85)50(26(108-57)13-99-115(94,95)96)111-59-46(91)42(87)33(78)20(7-68)103-59/h14,19-62,67-71,76-93H,6-13H2,1-5H3,(H,63,72)(H,64,73)(H,65,74)(H,66,75)(H,94,95,96)/t14-,19+,20+,21+,22+,23+,24+,25+,26+,27+,28+,29+,30+,31+,32+,33-,34+,35+,36+,37+,38+,39+,40+,41+,42-,43-,44-,45-,46+,47-,48+,49+,50+,51-,52-,53-,54+,55-,56-,57-,58+,59-,60-,61-,62+/m0/s1. The van der Waals surface area contributed by atoms with Gasteiger partial charge in [-0.05, 0) is 6.92 Å². The van der Waals surface area contributed by atoms with E-state index in [1.807, 2.05) is 0 Å². The Labute approximate surface area is 651 Å². The predicted molar refractivity (Wildman–Crippen MR) is 352 cm³/mol. The number of carbonyl (C=O) groups is 4. The molecule has 0 radical (unpaired) electrons. The highest BCUT2D eigenvalue weighted by molar-refractivity contribution is 7.80. The third kappa shape index (κ3) is 22.0. The molecule has 666 valence electrons. The molecular formula is C62H104N4O48S. The third-order valence-corrected chi connectivity index (χ3v) is 20.9. The quantitative estimate of drug-likeness (QED) is 0.0297. The summed E-state index contributed by atoms with van der Waals surface area (Å²) in [6, 6.07) is -7.66. The van der Waals surface area contributed by atoms with E-state index in [0.29, 0.717) is 0 Å². The minimum Gasteiger partial charge on any atom is -0.394 e. The monoisotopic (exact) mass is 1700 g/mol. The summed E-state index contributed by atoms with van der Waals surface area (Å²) in [7, 11) is -5.50. The summed E-state index contributed by atoms with van der Waals surface area (Å²) in [6.07, 6.45) is -86.6. The Hall–Kier alpha value is -3.85. The van der Waals surface area contributed by atoms with E-state index < -0.39 is 363 Å². The van der Waals surface area contributed by atoms with Gasteiger partial charge in [0.05, 0.1) is 59.0 Å². The van der Waals surface area contributed by atoms with Crippen molar-refractivity contribution in [3.8, 4) is 0 Å². The molecule has 0 spiro atoms. The molecule has 9 aliphatic heterocycles. The molecule has 115 heavy (non-hydrogen) atoms. The number of nitrogens with one attached hydrogen (secondary N) is 4. The summed E-state index contributed by atoms with van der Waals surface area (Å²) in [5.41, 5.74) is 0. The van der Waals surface area contributed by atoms with Crippen LogP contribution in [0.5, 0.6) is 0 Å². The third-order valence-electron chi connectivity index (χ3n) is 20.5. The minimum atomic E-state index is -5.50. The lowest BCUT2D eigenvalue weighted by Gasteiger charge is -2.51. The highest BCUT2D eigenvalue weighted by Crippen LogP contribution is 2.40. The molecular weight excluding hydrogens is 1600 g/mol. The fraction of sp³-hybridized carbons (Fsp3) is 0.935. The number of rotatable bonds is 30. The van der Waals surface area contributed by atoms with E-state index in [4.69, 9.17) is 80.5 Å². The van der Waals surface area contributed by atoms with E-state index in [0.717, 1.165) is 27.7 Å². The number of hydrogen-bond acceptors (Lipinski definition) is 47. The Kier molecular flexibility index (Phi) is 33.8. The number of ether oxygens (including phenoxy) is 17. The maximum absolute atomic E-state index is 13.2. The lowest BCUT2D eigenvalue weighted by molar-refractivity contribution is -0.398. The van der Waals surface area contributed by atoms with Gasteiger partial charge in [0.1, 0.15) is 213 Å². The van der Waals surface area contributed by atoms with Crippen molar-refractivity contribution in [1.82, 2.24) is 21.3 Å². The van der Waals surface area contributed by atoms with Gasteiger partial charge in [-0.3, -0.25) is 23.7 Å². The number of amides is 4. The van der Waals surface area contributed by atoms with Gasteiger partial charge < -0.3 is 219 Å². The molecule has 52 nitrogen and oxygen atoms in total. The lowest BCUT2D eigenvalue weighted by atomic mass is 9.93. The summed E-state index contributed by atoms with van der Waals surface area (Å²) in [4.78, 5) is 51.1. The van der Waals surface area contributed by atoms with Crippen LogP contribution in [-0.2, 0) is 114 Å². The highest BCUT2D eigenvalue weighted by atomic mass is 32.3. The molecule has 0 aromatic rings. The first-order valence-electron chi connectivity index (χ1n) is 36.1. The largest absolute Gasteiger partial charge is 0.397 e. The molecule has 45 atom stereocenters. The second-order valence-electron chi connectivity index (χ2n) is 28.7. The van der Waals surface area contributed by atoms with Crippen LogP contribution in [0.25, 0.3) is 0 Å². The molecule has 9 rings (SSSR count). The van der Waals surface area contributed by atoms with Crippen molar-refractivity contribution in [3.63, 3.8) is 0 Å². The van der Waals surface area contributed by atoms with Gasteiger partial charge in [0, 0.05) is 27.7 Å².